The molecule has 16 nitrogen and oxygen atoms in total. The Bertz CT molecular complexity index is 1920. The summed E-state index contributed by atoms with van der Waals surface area (Å²) in [5.74, 6) is -2.15. The van der Waals surface area contributed by atoms with Crippen molar-refractivity contribution in [1.82, 2.24) is 20.6 Å². The van der Waals surface area contributed by atoms with Gasteiger partial charge in [0.05, 0.1) is 37.2 Å². The van der Waals surface area contributed by atoms with Crippen LogP contribution in [0.2, 0.25) is 0 Å². The Labute approximate surface area is 383 Å². The van der Waals surface area contributed by atoms with Crippen molar-refractivity contribution >= 4 is 11.9 Å². The quantitative estimate of drug-likeness (QED) is 0.0946. The van der Waals surface area contributed by atoms with Crippen molar-refractivity contribution in [1.29, 1.82) is 0 Å². The number of aromatic nitrogens is 2. The highest BCUT2D eigenvalue weighted by Gasteiger charge is 2.73. The Morgan fingerprint density at radius 3 is 2.40 bits per heavy atom. The van der Waals surface area contributed by atoms with Gasteiger partial charge in [0.15, 0.2) is 6.29 Å². The summed E-state index contributed by atoms with van der Waals surface area (Å²) in [5.41, 5.74) is 4.61. The van der Waals surface area contributed by atoms with E-state index in [1.165, 1.54) is 5.57 Å². The number of aliphatic hydroxyl groups is 6. The van der Waals surface area contributed by atoms with Crippen LogP contribution in [0.5, 0.6) is 0 Å². The molecule has 7 aliphatic rings. The summed E-state index contributed by atoms with van der Waals surface area (Å²) in [5, 5.41) is 85.4. The number of carboxylic acid groups (broad SMARTS) is 1. The zero-order chi connectivity index (χ0) is 47.1. The van der Waals surface area contributed by atoms with E-state index in [-0.39, 0.29) is 84.5 Å². The van der Waals surface area contributed by atoms with Crippen molar-refractivity contribution in [3.8, 4) is 0 Å². The molecule has 1 aromatic heterocycles. The lowest BCUT2D eigenvalue weighted by Crippen LogP contribution is -2.72. The van der Waals surface area contributed by atoms with Crippen LogP contribution in [0.3, 0.4) is 0 Å². The Morgan fingerprint density at radius 1 is 1.02 bits per heavy atom. The fourth-order valence-electron chi connectivity index (χ4n) is 16.1. The molecule has 0 bridgehead atoms. The highest BCUT2D eigenvalue weighted by Crippen LogP contribution is 2.77. The smallest absolute Gasteiger partial charge is 0.310 e. The van der Waals surface area contributed by atoms with Gasteiger partial charge in [-0.2, -0.15) is 0 Å². The summed E-state index contributed by atoms with van der Waals surface area (Å²) in [4.78, 5) is 34.9. The summed E-state index contributed by atoms with van der Waals surface area (Å²) in [6.45, 7) is 11.5. The number of nitrogens with zero attached hydrogens (tertiary/aromatic N) is 1. The first kappa shape index (κ1) is 48.9. The molecule has 1 amide bonds. The number of hydrogen-bond donors (Lipinski definition) is 11. The van der Waals surface area contributed by atoms with Crippen LogP contribution in [0.15, 0.2) is 24.2 Å². The lowest BCUT2D eigenvalue weighted by Gasteiger charge is -2.73. The van der Waals surface area contributed by atoms with Gasteiger partial charge in [-0.1, -0.05) is 46.3 Å². The van der Waals surface area contributed by atoms with Crippen molar-refractivity contribution in [3.63, 3.8) is 0 Å². The van der Waals surface area contributed by atoms with Crippen molar-refractivity contribution in [3.05, 3.63) is 29.9 Å². The number of aliphatic carboxylic acids is 1. The molecule has 2 aliphatic heterocycles. The van der Waals surface area contributed by atoms with Gasteiger partial charge >= 0.3 is 5.97 Å². The molecule has 0 radical (unpaired) electrons. The third kappa shape index (κ3) is 7.58. The Balaban J connectivity index is 1.24. The third-order valence-electron chi connectivity index (χ3n) is 20.1. The number of aliphatic hydroxyl groups excluding tert-OH is 6. The molecule has 0 spiro atoms. The minimum absolute atomic E-state index is 0.00300. The average Bonchev–Trinajstić information content (AvgIpc) is 3.95. The topological polar surface area (TPSA) is 273 Å². The van der Waals surface area contributed by atoms with E-state index in [1.54, 1.807) is 12.5 Å². The lowest BCUT2D eigenvalue weighted by molar-refractivity contribution is -0.340. The van der Waals surface area contributed by atoms with Gasteiger partial charge in [-0.05, 0) is 142 Å². The van der Waals surface area contributed by atoms with Crippen LogP contribution in [0.1, 0.15) is 117 Å². The van der Waals surface area contributed by atoms with Crippen LogP contribution in [-0.2, 0) is 19.1 Å². The number of ether oxygens (including phenoxy) is 2. The van der Waals surface area contributed by atoms with Gasteiger partial charge in [0.1, 0.15) is 18.3 Å². The molecule has 3 heterocycles. The number of rotatable bonds is 14. The summed E-state index contributed by atoms with van der Waals surface area (Å²) >= 11 is 0. The number of aromatic amines is 1. The van der Waals surface area contributed by atoms with E-state index in [4.69, 9.17) is 15.2 Å². The molecular formula is C49H79N5O11. The predicted octanol–water partition coefficient (Wildman–Crippen LogP) is 2.42. The molecule has 16 heteroatoms. The SMILES string of the molecule is CNCC(CN)CC(c1cnc[nH]1)C1NC(=O)CC1CC1C(O)C(OC2OCC(O)C(O)C2O)C(C)(CO)C2CCC3(C)C(CC=C4C5CC(C)(CO)CCC5(C(=O)O)CCC43C)C12C. The fraction of sp³-hybridized carbons (Fsp3) is 0.857. The van der Waals surface area contributed by atoms with Crippen molar-refractivity contribution in [2.45, 2.75) is 154 Å². The Kier molecular flexibility index (Phi) is 13.4. The van der Waals surface area contributed by atoms with Gasteiger partial charge in [0, 0.05) is 42.3 Å². The van der Waals surface area contributed by atoms with Crippen molar-refractivity contribution < 1.29 is 54.8 Å². The highest BCUT2D eigenvalue weighted by molar-refractivity contribution is 5.79. The predicted molar refractivity (Wildman–Crippen MR) is 239 cm³/mol. The maximum Gasteiger partial charge on any atom is 0.310 e. The molecule has 0 aromatic carbocycles. The number of hydrogen-bond acceptors (Lipinski definition) is 13. The van der Waals surface area contributed by atoms with Gasteiger partial charge in [-0.15, -0.1) is 0 Å². The third-order valence-corrected chi connectivity index (χ3v) is 20.1. The molecule has 366 valence electrons. The van der Waals surface area contributed by atoms with Crippen LogP contribution >= 0.6 is 0 Å². The first-order valence-electron chi connectivity index (χ1n) is 24.5. The maximum absolute atomic E-state index is 13.8. The average molecular weight is 914 g/mol. The van der Waals surface area contributed by atoms with Gasteiger partial charge in [-0.25, -0.2) is 4.98 Å². The molecule has 12 N–H and O–H groups in total. The number of fused-ring (bicyclic) bond motifs is 7. The second-order valence-corrected chi connectivity index (χ2v) is 23.2. The van der Waals surface area contributed by atoms with Gasteiger partial charge in [0.2, 0.25) is 5.91 Å². The van der Waals surface area contributed by atoms with E-state index >= 15 is 0 Å². The molecule has 5 aliphatic carbocycles. The Hall–Kier alpha value is -2.51. The van der Waals surface area contributed by atoms with Crippen LogP contribution in [0.4, 0.5) is 0 Å². The normalized spacial score (nSPS) is 48.2. The van der Waals surface area contributed by atoms with Gasteiger partial charge < -0.3 is 66.6 Å². The van der Waals surface area contributed by atoms with Crippen molar-refractivity contribution in [2.24, 2.45) is 73.7 Å². The van der Waals surface area contributed by atoms with E-state index in [1.807, 2.05) is 14.0 Å². The molecule has 4 saturated carbocycles. The molecule has 20 atom stereocenters. The molecule has 20 unspecified atom stereocenters. The standard InChI is InChI=1S/C49H79N5O11/c1-44(23-55)11-13-49(43(62)63)14-12-46(3)29(31(49)18-44)7-8-35-47(46,4)10-9-34-45(2,24-56)41(65-42-40(61)39(60)33(57)22-64-42)38(59)30(48(34,35)5)16-27-17-36(58)54-37(27)28(32-21-52-25-53-32)15-26(19-50)20-51-6/h7,21,25-28,30-31,33-35,37-42,51,55-57,59-61H,8-20,22-24,50H2,1-6H3,(H,52,53)(H,54,58)(H,62,63). The number of amides is 1. The van der Waals surface area contributed by atoms with Crippen LogP contribution < -0.4 is 16.4 Å². The summed E-state index contributed by atoms with van der Waals surface area (Å²) < 4.78 is 12.5. The number of carbonyl (C=O) groups is 2. The summed E-state index contributed by atoms with van der Waals surface area (Å²) in [7, 11) is 1.90. The number of carbonyl (C=O) groups excluding carboxylic acids is 1. The molecular weight excluding hydrogens is 835 g/mol. The monoisotopic (exact) mass is 914 g/mol. The largest absolute Gasteiger partial charge is 0.481 e. The minimum Gasteiger partial charge on any atom is -0.481 e. The number of carboxylic acids is 1. The fourth-order valence-corrected chi connectivity index (χ4v) is 16.1. The highest BCUT2D eigenvalue weighted by atomic mass is 16.7. The van der Waals surface area contributed by atoms with Crippen molar-refractivity contribution in [2.75, 3.05) is 40.0 Å². The Morgan fingerprint density at radius 2 is 1.75 bits per heavy atom. The van der Waals surface area contributed by atoms with Crippen LogP contribution in [0.25, 0.3) is 0 Å². The second-order valence-electron chi connectivity index (χ2n) is 23.2. The van der Waals surface area contributed by atoms with E-state index in [0.717, 1.165) is 12.1 Å². The number of nitrogens with two attached hydrogens (primary N) is 1. The number of H-pyrrole nitrogens is 1. The molecule has 8 rings (SSSR count). The molecule has 1 aromatic rings. The van der Waals surface area contributed by atoms with Gasteiger partial charge in [0.25, 0.3) is 0 Å². The molecule has 6 fully saturated rings. The summed E-state index contributed by atoms with van der Waals surface area (Å²) in [6, 6.07) is -0.325. The zero-order valence-electron chi connectivity index (χ0n) is 39.4. The van der Waals surface area contributed by atoms with Gasteiger partial charge in [-0.3, -0.25) is 9.59 Å². The minimum atomic E-state index is -1.61. The van der Waals surface area contributed by atoms with E-state index in [9.17, 15) is 45.3 Å². The number of nitrogens with one attached hydrogen (secondary N) is 3. The zero-order valence-corrected chi connectivity index (χ0v) is 39.4. The second kappa shape index (κ2) is 17.8. The number of allylic oxidation sites excluding steroid dienone is 2. The summed E-state index contributed by atoms with van der Waals surface area (Å²) in [6.07, 6.45) is 4.03. The lowest BCUT2D eigenvalue weighted by atomic mass is 9.31. The van der Waals surface area contributed by atoms with Crippen LogP contribution in [0, 0.1) is 68.0 Å². The van der Waals surface area contributed by atoms with E-state index in [0.29, 0.717) is 70.9 Å². The first-order valence-corrected chi connectivity index (χ1v) is 24.5. The van der Waals surface area contributed by atoms with Crippen LogP contribution in [-0.4, -0.2) is 140 Å². The van der Waals surface area contributed by atoms with E-state index < -0.39 is 70.4 Å². The molecule has 2 saturated heterocycles. The number of imidazole rings is 1. The maximum atomic E-state index is 13.8. The van der Waals surface area contributed by atoms with E-state index in [2.05, 4.69) is 54.4 Å². The first-order chi connectivity index (χ1) is 30.7. The molecule has 65 heavy (non-hydrogen) atoms.